The lowest BCUT2D eigenvalue weighted by Crippen LogP contribution is -2.39. The molecular formula is C12H15ClN2O3. The van der Waals surface area contributed by atoms with Crippen LogP contribution in [0.1, 0.15) is 24.2 Å². The number of alkyl halides is 1. The molecule has 5 nitrogen and oxygen atoms in total. The Kier molecular flexibility index (Phi) is 5.09. The molecule has 0 radical (unpaired) electrons. The van der Waals surface area contributed by atoms with E-state index in [9.17, 15) is 14.9 Å². The number of nitrogens with one attached hydrogen (secondary N) is 1. The average molecular weight is 271 g/mol. The number of rotatable bonds is 5. The summed E-state index contributed by atoms with van der Waals surface area (Å²) in [7, 11) is 0. The molecule has 6 heteroatoms. The van der Waals surface area contributed by atoms with Crippen LogP contribution in [-0.2, 0) is 0 Å². The van der Waals surface area contributed by atoms with E-state index in [1.807, 2.05) is 13.8 Å². The molecule has 1 aromatic carbocycles. The van der Waals surface area contributed by atoms with Crippen LogP contribution in [0.2, 0.25) is 0 Å². The van der Waals surface area contributed by atoms with Crippen molar-refractivity contribution in [3.8, 4) is 0 Å². The molecule has 0 spiro atoms. The van der Waals surface area contributed by atoms with Gasteiger partial charge in [0.25, 0.3) is 11.6 Å². The molecule has 18 heavy (non-hydrogen) atoms. The zero-order chi connectivity index (χ0) is 13.7. The van der Waals surface area contributed by atoms with Gasteiger partial charge in [0.1, 0.15) is 0 Å². The second-order valence-corrected chi connectivity index (χ2v) is 4.59. The Morgan fingerprint density at radius 1 is 1.50 bits per heavy atom. The first-order valence-electron chi connectivity index (χ1n) is 5.57. The molecule has 1 aromatic rings. The van der Waals surface area contributed by atoms with E-state index in [4.69, 9.17) is 11.6 Å². The number of nitrogens with zero attached hydrogens (tertiary/aromatic N) is 1. The van der Waals surface area contributed by atoms with Crippen molar-refractivity contribution in [1.82, 2.24) is 5.32 Å². The maximum Gasteiger partial charge on any atom is 0.270 e. The zero-order valence-electron chi connectivity index (χ0n) is 10.2. The third kappa shape index (κ3) is 3.70. The van der Waals surface area contributed by atoms with Gasteiger partial charge < -0.3 is 5.32 Å². The van der Waals surface area contributed by atoms with Crippen LogP contribution in [0.5, 0.6) is 0 Å². The van der Waals surface area contributed by atoms with Crippen LogP contribution in [0.4, 0.5) is 5.69 Å². The molecule has 1 N–H and O–H groups in total. The molecule has 0 bridgehead atoms. The minimum Gasteiger partial charge on any atom is -0.348 e. The highest BCUT2D eigenvalue weighted by Crippen LogP contribution is 2.13. The van der Waals surface area contributed by atoms with Crippen LogP contribution in [0.3, 0.4) is 0 Å². The fourth-order valence-electron chi connectivity index (χ4n) is 1.40. The Balaban J connectivity index is 2.84. The van der Waals surface area contributed by atoms with E-state index in [0.717, 1.165) is 0 Å². The summed E-state index contributed by atoms with van der Waals surface area (Å²) < 4.78 is 0. The van der Waals surface area contributed by atoms with Gasteiger partial charge in [0.15, 0.2) is 0 Å². The fraction of sp³-hybridized carbons (Fsp3) is 0.417. The maximum absolute atomic E-state index is 11.9. The Bertz CT molecular complexity index is 449. The Hall–Kier alpha value is -1.62. The van der Waals surface area contributed by atoms with E-state index < -0.39 is 4.92 Å². The van der Waals surface area contributed by atoms with Crippen molar-refractivity contribution in [3.05, 3.63) is 39.9 Å². The molecule has 1 rings (SSSR count). The van der Waals surface area contributed by atoms with Crippen molar-refractivity contribution in [1.29, 1.82) is 0 Å². The largest absolute Gasteiger partial charge is 0.348 e. The summed E-state index contributed by atoms with van der Waals surface area (Å²) in [5.74, 6) is 0.154. The van der Waals surface area contributed by atoms with Crippen LogP contribution >= 0.6 is 11.6 Å². The molecule has 1 atom stereocenters. The van der Waals surface area contributed by atoms with E-state index in [1.54, 1.807) is 0 Å². The van der Waals surface area contributed by atoms with Crippen LogP contribution in [-0.4, -0.2) is 22.8 Å². The molecule has 1 amide bonds. The molecular weight excluding hydrogens is 256 g/mol. The minimum atomic E-state index is -0.530. The summed E-state index contributed by atoms with van der Waals surface area (Å²) in [5.41, 5.74) is 0.162. The molecule has 0 saturated carbocycles. The van der Waals surface area contributed by atoms with E-state index >= 15 is 0 Å². The number of halogens is 1. The summed E-state index contributed by atoms with van der Waals surface area (Å²) in [4.78, 5) is 22.0. The van der Waals surface area contributed by atoms with E-state index in [2.05, 4.69) is 5.32 Å². The van der Waals surface area contributed by atoms with Crippen LogP contribution in [0, 0.1) is 16.0 Å². The second-order valence-electron chi connectivity index (χ2n) is 4.29. The maximum atomic E-state index is 11.9. The standard InChI is InChI=1S/C12H15ClN2O3/c1-8(2)11(7-13)14-12(16)9-4-3-5-10(6-9)15(17)18/h3-6,8,11H,7H2,1-2H3,(H,14,16). The number of hydrogen-bond donors (Lipinski definition) is 1. The van der Waals surface area contributed by atoms with Gasteiger partial charge in [-0.3, -0.25) is 14.9 Å². The molecule has 0 saturated heterocycles. The third-order valence-electron chi connectivity index (χ3n) is 2.61. The number of carbonyl (C=O) groups is 1. The van der Waals surface area contributed by atoms with Crippen LogP contribution in [0.25, 0.3) is 0 Å². The second kappa shape index (κ2) is 6.35. The van der Waals surface area contributed by atoms with Crippen molar-refractivity contribution < 1.29 is 9.72 Å². The first-order chi connectivity index (χ1) is 8.45. The lowest BCUT2D eigenvalue weighted by molar-refractivity contribution is -0.384. The molecule has 98 valence electrons. The van der Waals surface area contributed by atoms with Gasteiger partial charge in [0.05, 0.1) is 4.92 Å². The van der Waals surface area contributed by atoms with Crippen molar-refractivity contribution in [2.75, 3.05) is 5.88 Å². The lowest BCUT2D eigenvalue weighted by Gasteiger charge is -2.19. The Morgan fingerprint density at radius 2 is 2.17 bits per heavy atom. The normalized spacial score (nSPS) is 12.2. The summed E-state index contributed by atoms with van der Waals surface area (Å²) >= 11 is 5.75. The molecule has 0 aliphatic heterocycles. The van der Waals surface area contributed by atoms with E-state index in [-0.39, 0.29) is 29.1 Å². The van der Waals surface area contributed by atoms with Crippen molar-refractivity contribution in [2.24, 2.45) is 5.92 Å². The van der Waals surface area contributed by atoms with Crippen LogP contribution < -0.4 is 5.32 Å². The van der Waals surface area contributed by atoms with Gasteiger partial charge in [-0.15, -0.1) is 11.6 Å². The van der Waals surface area contributed by atoms with Crippen molar-refractivity contribution >= 4 is 23.2 Å². The lowest BCUT2D eigenvalue weighted by atomic mass is 10.1. The SMILES string of the molecule is CC(C)C(CCl)NC(=O)c1cccc([N+](=O)[O-])c1. The highest BCUT2D eigenvalue weighted by atomic mass is 35.5. The summed E-state index contributed by atoms with van der Waals surface area (Å²) in [5, 5.41) is 13.4. The van der Waals surface area contributed by atoms with Gasteiger partial charge in [0.2, 0.25) is 0 Å². The molecule has 0 aliphatic carbocycles. The minimum absolute atomic E-state index is 0.102. The Labute approximate surface area is 110 Å². The van der Waals surface area contributed by atoms with E-state index in [0.29, 0.717) is 5.88 Å². The molecule has 0 heterocycles. The number of nitro groups is 1. The quantitative estimate of drug-likeness (QED) is 0.508. The van der Waals surface area contributed by atoms with Gasteiger partial charge in [-0.1, -0.05) is 19.9 Å². The van der Waals surface area contributed by atoms with Gasteiger partial charge in [-0.2, -0.15) is 0 Å². The van der Waals surface area contributed by atoms with Crippen molar-refractivity contribution in [3.63, 3.8) is 0 Å². The number of nitro benzene ring substituents is 1. The topological polar surface area (TPSA) is 72.2 Å². The highest BCUT2D eigenvalue weighted by Gasteiger charge is 2.17. The fourth-order valence-corrected chi connectivity index (χ4v) is 1.83. The number of hydrogen-bond acceptors (Lipinski definition) is 3. The first-order valence-corrected chi connectivity index (χ1v) is 6.10. The van der Waals surface area contributed by atoms with Gasteiger partial charge in [-0.25, -0.2) is 0 Å². The number of carbonyl (C=O) groups excluding carboxylic acids is 1. The molecule has 0 aromatic heterocycles. The van der Waals surface area contributed by atoms with Crippen LogP contribution in [0.15, 0.2) is 24.3 Å². The van der Waals surface area contributed by atoms with Crippen molar-refractivity contribution in [2.45, 2.75) is 19.9 Å². The third-order valence-corrected chi connectivity index (χ3v) is 2.94. The monoisotopic (exact) mass is 270 g/mol. The highest BCUT2D eigenvalue weighted by molar-refractivity contribution is 6.18. The molecule has 1 unspecified atom stereocenters. The molecule has 0 aliphatic rings. The number of non-ortho nitro benzene ring substituents is 1. The first kappa shape index (κ1) is 14.4. The van der Waals surface area contributed by atoms with E-state index in [1.165, 1.54) is 24.3 Å². The predicted octanol–water partition coefficient (Wildman–Crippen LogP) is 2.59. The summed E-state index contributed by atoms with van der Waals surface area (Å²) in [6, 6.07) is 5.46. The zero-order valence-corrected chi connectivity index (χ0v) is 11.0. The average Bonchev–Trinajstić information content (AvgIpc) is 2.35. The van der Waals surface area contributed by atoms with Gasteiger partial charge in [0, 0.05) is 29.6 Å². The van der Waals surface area contributed by atoms with Gasteiger partial charge >= 0.3 is 0 Å². The summed E-state index contributed by atoms with van der Waals surface area (Å²) in [6.07, 6.45) is 0. The number of benzene rings is 1. The summed E-state index contributed by atoms with van der Waals surface area (Å²) in [6.45, 7) is 3.89. The Morgan fingerprint density at radius 3 is 2.67 bits per heavy atom. The smallest absolute Gasteiger partial charge is 0.270 e. The predicted molar refractivity (Wildman–Crippen MR) is 69.9 cm³/mol. The number of amides is 1. The van der Waals surface area contributed by atoms with Gasteiger partial charge in [-0.05, 0) is 12.0 Å². The molecule has 0 fully saturated rings.